The second-order valence-electron chi connectivity index (χ2n) is 5.21. The average molecular weight is 317 g/mol. The van der Waals surface area contributed by atoms with Gasteiger partial charge in [-0.15, -0.1) is 11.8 Å². The molecule has 7 heteroatoms. The smallest absolute Gasteiger partial charge is 0.235 e. The first-order chi connectivity index (χ1) is 10.7. The number of thioether (sulfide) groups is 1. The van der Waals surface area contributed by atoms with E-state index in [1.807, 2.05) is 31.4 Å². The summed E-state index contributed by atoms with van der Waals surface area (Å²) in [6.07, 6.45) is 1.81. The number of rotatable bonds is 1. The van der Waals surface area contributed by atoms with Gasteiger partial charge in [0, 0.05) is 12.6 Å². The van der Waals surface area contributed by atoms with Gasteiger partial charge in [-0.05, 0) is 17.7 Å². The summed E-state index contributed by atoms with van der Waals surface area (Å²) in [5, 5.41) is 7.23. The molecule has 0 fully saturated rings. The molecule has 3 heterocycles. The fourth-order valence-electron chi connectivity index (χ4n) is 2.72. The molecule has 0 aliphatic carbocycles. The Balaban J connectivity index is 1.77. The van der Waals surface area contributed by atoms with Gasteiger partial charge in [-0.3, -0.25) is 9.48 Å². The van der Waals surface area contributed by atoms with Crippen molar-refractivity contribution in [1.82, 2.24) is 9.78 Å². The summed E-state index contributed by atoms with van der Waals surface area (Å²) >= 11 is 1.59. The summed E-state index contributed by atoms with van der Waals surface area (Å²) < 4.78 is 12.9. The minimum atomic E-state index is -0.00473. The average Bonchev–Trinajstić information content (AvgIpc) is 2.79. The number of nitrogens with zero attached hydrogens (tertiary/aromatic N) is 2. The van der Waals surface area contributed by atoms with E-state index in [9.17, 15) is 4.79 Å². The van der Waals surface area contributed by atoms with E-state index in [-0.39, 0.29) is 11.2 Å². The van der Waals surface area contributed by atoms with Crippen molar-refractivity contribution in [2.75, 3.05) is 24.3 Å². The number of ether oxygens (including phenoxy) is 2. The Morgan fingerprint density at radius 3 is 3.00 bits per heavy atom. The Bertz CT molecular complexity index is 744. The monoisotopic (exact) mass is 317 g/mol. The maximum atomic E-state index is 11.9. The van der Waals surface area contributed by atoms with Crippen LogP contribution < -0.4 is 14.8 Å². The van der Waals surface area contributed by atoms with Gasteiger partial charge in [0.25, 0.3) is 0 Å². The van der Waals surface area contributed by atoms with Gasteiger partial charge in [0.15, 0.2) is 11.5 Å². The quantitative estimate of drug-likeness (QED) is 0.871. The number of benzene rings is 1. The molecule has 1 N–H and O–H groups in total. The van der Waals surface area contributed by atoms with Crippen LogP contribution in [-0.4, -0.2) is 34.7 Å². The third-order valence-electron chi connectivity index (χ3n) is 3.76. The first-order valence-electron chi connectivity index (χ1n) is 7.05. The lowest BCUT2D eigenvalue weighted by atomic mass is 10.1. The Labute approximate surface area is 131 Å². The number of hydrogen-bond acceptors (Lipinski definition) is 5. The second-order valence-corrected chi connectivity index (χ2v) is 6.31. The van der Waals surface area contributed by atoms with Crippen LogP contribution in [0, 0.1) is 0 Å². The molecule has 0 saturated carbocycles. The Kier molecular flexibility index (Phi) is 3.22. The van der Waals surface area contributed by atoms with Gasteiger partial charge in [-0.2, -0.15) is 5.10 Å². The van der Waals surface area contributed by atoms with Crippen LogP contribution in [0.25, 0.3) is 0 Å². The Morgan fingerprint density at radius 2 is 2.14 bits per heavy atom. The molecule has 22 heavy (non-hydrogen) atoms. The molecular weight excluding hydrogens is 302 g/mol. The van der Waals surface area contributed by atoms with Gasteiger partial charge in [0.1, 0.15) is 19.0 Å². The molecule has 4 rings (SSSR count). The van der Waals surface area contributed by atoms with Crippen LogP contribution >= 0.6 is 11.8 Å². The first kappa shape index (κ1) is 13.5. The summed E-state index contributed by atoms with van der Waals surface area (Å²) in [4.78, 5) is 11.9. The van der Waals surface area contributed by atoms with Crippen molar-refractivity contribution in [3.63, 3.8) is 0 Å². The van der Waals surface area contributed by atoms with Gasteiger partial charge in [-0.25, -0.2) is 0 Å². The molecule has 114 valence electrons. The summed E-state index contributed by atoms with van der Waals surface area (Å²) in [6.45, 7) is 1.14. The Hall–Kier alpha value is -2.15. The molecular formula is C15H15N3O3S. The third-order valence-corrected chi connectivity index (χ3v) is 5.05. The van der Waals surface area contributed by atoms with Crippen molar-refractivity contribution in [3.05, 3.63) is 35.5 Å². The fraction of sp³-hybridized carbons (Fsp3) is 0.333. The highest BCUT2D eigenvalue weighted by molar-refractivity contribution is 8.00. The molecule has 1 aromatic carbocycles. The number of nitrogens with one attached hydrogen (secondary N) is 1. The molecule has 1 amide bonds. The van der Waals surface area contributed by atoms with Crippen LogP contribution in [0.4, 0.5) is 5.82 Å². The van der Waals surface area contributed by atoms with Crippen molar-refractivity contribution in [2.24, 2.45) is 7.05 Å². The molecule has 0 saturated heterocycles. The first-order valence-corrected chi connectivity index (χ1v) is 8.10. The van der Waals surface area contributed by atoms with Gasteiger partial charge in [0.05, 0.1) is 17.2 Å². The third kappa shape index (κ3) is 2.21. The molecule has 1 aromatic heterocycles. The number of hydrogen-bond donors (Lipinski definition) is 1. The predicted octanol–water partition coefficient (Wildman–Crippen LogP) is 1.97. The SMILES string of the molecule is Cn1ncc2c1NC(=O)CS[C@@H]2c1ccc2c(c1)OCCO2. The van der Waals surface area contributed by atoms with E-state index >= 15 is 0 Å². The highest BCUT2D eigenvalue weighted by atomic mass is 32.2. The molecule has 0 unspecified atom stereocenters. The highest BCUT2D eigenvalue weighted by Crippen LogP contribution is 2.43. The zero-order valence-corrected chi connectivity index (χ0v) is 12.9. The molecule has 6 nitrogen and oxygen atoms in total. The minimum Gasteiger partial charge on any atom is -0.486 e. The van der Waals surface area contributed by atoms with E-state index in [0.29, 0.717) is 19.0 Å². The molecule has 0 bridgehead atoms. The Morgan fingerprint density at radius 1 is 1.32 bits per heavy atom. The zero-order valence-electron chi connectivity index (χ0n) is 12.0. The topological polar surface area (TPSA) is 65.4 Å². The van der Waals surface area contributed by atoms with Crippen molar-refractivity contribution < 1.29 is 14.3 Å². The number of carbonyl (C=O) groups excluding carboxylic acids is 1. The number of amides is 1. The summed E-state index contributed by atoms with van der Waals surface area (Å²) in [7, 11) is 1.83. The zero-order chi connectivity index (χ0) is 15.1. The lowest BCUT2D eigenvalue weighted by Crippen LogP contribution is -2.15. The van der Waals surface area contributed by atoms with Crippen molar-refractivity contribution in [2.45, 2.75) is 5.25 Å². The maximum absolute atomic E-state index is 11.9. The van der Waals surface area contributed by atoms with Gasteiger partial charge in [0.2, 0.25) is 5.91 Å². The van der Waals surface area contributed by atoms with Crippen LogP contribution in [0.5, 0.6) is 11.5 Å². The van der Waals surface area contributed by atoms with E-state index in [4.69, 9.17) is 9.47 Å². The maximum Gasteiger partial charge on any atom is 0.235 e. The number of aromatic nitrogens is 2. The van der Waals surface area contributed by atoms with E-state index in [1.54, 1.807) is 16.4 Å². The van der Waals surface area contributed by atoms with E-state index in [0.717, 1.165) is 28.4 Å². The van der Waals surface area contributed by atoms with Gasteiger partial charge >= 0.3 is 0 Å². The standard InChI is InChI=1S/C15H15N3O3S/c1-18-15-10(7-16-18)14(22-8-13(19)17-15)9-2-3-11-12(6-9)21-5-4-20-11/h2-3,6-7,14H,4-5,8H2,1H3,(H,17,19)/t14-/m1/s1. The second kappa shape index (κ2) is 5.24. The van der Waals surface area contributed by atoms with Crippen molar-refractivity contribution in [3.8, 4) is 11.5 Å². The van der Waals surface area contributed by atoms with E-state index < -0.39 is 0 Å². The lowest BCUT2D eigenvalue weighted by molar-refractivity contribution is -0.113. The highest BCUT2D eigenvalue weighted by Gasteiger charge is 2.28. The molecule has 2 aliphatic rings. The molecule has 0 radical (unpaired) electrons. The summed E-state index contributed by atoms with van der Waals surface area (Å²) in [5.41, 5.74) is 2.09. The normalized spacial score (nSPS) is 20.0. The molecule has 1 atom stereocenters. The van der Waals surface area contributed by atoms with Gasteiger partial charge < -0.3 is 14.8 Å². The fourth-order valence-corrected chi connectivity index (χ4v) is 3.80. The minimum absolute atomic E-state index is 0.00473. The van der Waals surface area contributed by atoms with Crippen molar-refractivity contribution >= 4 is 23.5 Å². The largest absolute Gasteiger partial charge is 0.486 e. The van der Waals surface area contributed by atoms with Crippen LogP contribution in [0.3, 0.4) is 0 Å². The molecule has 2 aliphatic heterocycles. The molecule has 2 aromatic rings. The summed E-state index contributed by atoms with van der Waals surface area (Å²) in [6, 6.07) is 5.96. The molecule has 0 spiro atoms. The van der Waals surface area contributed by atoms with Crippen molar-refractivity contribution in [1.29, 1.82) is 0 Å². The lowest BCUT2D eigenvalue weighted by Gasteiger charge is -2.21. The number of aryl methyl sites for hydroxylation is 1. The summed E-state index contributed by atoms with van der Waals surface area (Å²) in [5.74, 6) is 2.70. The van der Waals surface area contributed by atoms with E-state index in [2.05, 4.69) is 10.4 Å². The van der Waals surface area contributed by atoms with Crippen LogP contribution in [0.15, 0.2) is 24.4 Å². The van der Waals surface area contributed by atoms with Crippen LogP contribution in [0.1, 0.15) is 16.4 Å². The van der Waals surface area contributed by atoms with Crippen LogP contribution in [0.2, 0.25) is 0 Å². The number of anilines is 1. The number of carbonyl (C=O) groups is 1. The van der Waals surface area contributed by atoms with E-state index in [1.165, 1.54) is 0 Å². The van der Waals surface area contributed by atoms with Gasteiger partial charge in [-0.1, -0.05) is 6.07 Å². The number of fused-ring (bicyclic) bond motifs is 2. The predicted molar refractivity (Wildman–Crippen MR) is 83.6 cm³/mol. The van der Waals surface area contributed by atoms with Crippen LogP contribution in [-0.2, 0) is 11.8 Å².